The number of hydrogen-bond acceptors (Lipinski definition) is 2. The van der Waals surface area contributed by atoms with E-state index in [1.165, 1.54) is 0 Å². The molecule has 4 nitrogen and oxygen atoms in total. The van der Waals surface area contributed by atoms with Gasteiger partial charge in [0.15, 0.2) is 0 Å². The van der Waals surface area contributed by atoms with E-state index in [0.29, 0.717) is 11.3 Å². The highest BCUT2D eigenvalue weighted by Gasteiger charge is 2.20. The summed E-state index contributed by atoms with van der Waals surface area (Å²) in [7, 11) is 0. The molecule has 4 rings (SSSR count). The van der Waals surface area contributed by atoms with Gasteiger partial charge in [0.2, 0.25) is 5.91 Å². The lowest BCUT2D eigenvalue weighted by molar-refractivity contribution is -0.115. The zero-order chi connectivity index (χ0) is 19.3. The van der Waals surface area contributed by atoms with Crippen LogP contribution >= 0.6 is 0 Å². The first-order valence-corrected chi connectivity index (χ1v) is 9.87. The summed E-state index contributed by atoms with van der Waals surface area (Å²) in [5, 5.41) is 8.21. The van der Waals surface area contributed by atoms with Crippen LogP contribution in [0.1, 0.15) is 41.6 Å². The molecule has 0 unspecified atom stereocenters. The van der Waals surface area contributed by atoms with E-state index in [4.69, 9.17) is 0 Å². The Morgan fingerprint density at radius 1 is 0.857 bits per heavy atom. The third-order valence-electron chi connectivity index (χ3n) is 5.37. The number of hydrogen-bond donors (Lipinski definition) is 2. The Labute approximate surface area is 165 Å². The minimum Gasteiger partial charge on any atom is -0.349 e. The average molecular weight is 372 g/mol. The van der Waals surface area contributed by atoms with Gasteiger partial charge in [0, 0.05) is 6.04 Å². The lowest BCUT2D eigenvalue weighted by Crippen LogP contribution is -2.33. The monoisotopic (exact) mass is 372 g/mol. The molecule has 0 bridgehead atoms. The average Bonchev–Trinajstić information content (AvgIpc) is 3.21. The van der Waals surface area contributed by atoms with E-state index in [0.717, 1.165) is 42.0 Å². The summed E-state index contributed by atoms with van der Waals surface area (Å²) in [5.74, 6) is -0.245. The normalized spacial score (nSPS) is 14.1. The first-order valence-electron chi connectivity index (χ1n) is 9.87. The predicted molar refractivity (Wildman–Crippen MR) is 112 cm³/mol. The standard InChI is InChI=1S/C24H24N2O2/c27-23(16-18-10-7-9-17-8-1-4-13-20(17)18)26-22-15-6-5-14-21(22)24(28)25-19-11-2-3-12-19/h1,4-10,13-15,19H,2-3,11-12,16H2,(H,25,28)(H,26,27). The number of benzene rings is 3. The van der Waals surface area contributed by atoms with Crippen LogP contribution in [0.3, 0.4) is 0 Å². The van der Waals surface area contributed by atoms with E-state index in [-0.39, 0.29) is 24.3 Å². The topological polar surface area (TPSA) is 58.2 Å². The van der Waals surface area contributed by atoms with E-state index in [1.807, 2.05) is 54.6 Å². The van der Waals surface area contributed by atoms with Crippen LogP contribution in [-0.4, -0.2) is 17.9 Å². The molecule has 4 heteroatoms. The summed E-state index contributed by atoms with van der Waals surface area (Å²) in [6.07, 6.45) is 4.64. The maximum absolute atomic E-state index is 12.7. The largest absolute Gasteiger partial charge is 0.349 e. The second-order valence-corrected chi connectivity index (χ2v) is 7.36. The van der Waals surface area contributed by atoms with Gasteiger partial charge in [0.05, 0.1) is 17.7 Å². The molecule has 3 aromatic carbocycles. The van der Waals surface area contributed by atoms with Crippen molar-refractivity contribution in [2.75, 3.05) is 5.32 Å². The summed E-state index contributed by atoms with van der Waals surface area (Å²) in [6.45, 7) is 0. The quantitative estimate of drug-likeness (QED) is 0.682. The summed E-state index contributed by atoms with van der Waals surface area (Å²) in [4.78, 5) is 25.4. The molecule has 142 valence electrons. The molecule has 0 aliphatic heterocycles. The van der Waals surface area contributed by atoms with Gasteiger partial charge in [-0.1, -0.05) is 67.4 Å². The van der Waals surface area contributed by atoms with Crippen molar-refractivity contribution in [3.05, 3.63) is 77.9 Å². The summed E-state index contributed by atoms with van der Waals surface area (Å²) in [6, 6.07) is 21.5. The number of para-hydroxylation sites is 1. The Morgan fingerprint density at radius 3 is 2.43 bits per heavy atom. The Bertz CT molecular complexity index is 1000. The van der Waals surface area contributed by atoms with E-state index in [1.54, 1.807) is 12.1 Å². The second-order valence-electron chi connectivity index (χ2n) is 7.36. The third kappa shape index (κ3) is 4.06. The van der Waals surface area contributed by atoms with Crippen LogP contribution in [0.25, 0.3) is 10.8 Å². The smallest absolute Gasteiger partial charge is 0.253 e. The van der Waals surface area contributed by atoms with E-state index >= 15 is 0 Å². The van der Waals surface area contributed by atoms with Crippen molar-refractivity contribution in [3.8, 4) is 0 Å². The van der Waals surface area contributed by atoms with Crippen molar-refractivity contribution < 1.29 is 9.59 Å². The fourth-order valence-corrected chi connectivity index (χ4v) is 3.94. The van der Waals surface area contributed by atoms with Gasteiger partial charge in [0.25, 0.3) is 5.91 Å². The van der Waals surface area contributed by atoms with Gasteiger partial charge in [0.1, 0.15) is 0 Å². The van der Waals surface area contributed by atoms with Gasteiger partial charge in [-0.2, -0.15) is 0 Å². The highest BCUT2D eigenvalue weighted by molar-refractivity contribution is 6.04. The number of amides is 2. The molecule has 3 aromatic rings. The predicted octanol–water partition coefficient (Wildman–Crippen LogP) is 4.69. The number of anilines is 1. The van der Waals surface area contributed by atoms with Crippen LogP contribution in [0.5, 0.6) is 0 Å². The van der Waals surface area contributed by atoms with Crippen molar-refractivity contribution in [3.63, 3.8) is 0 Å². The summed E-state index contributed by atoms with van der Waals surface area (Å²) >= 11 is 0. The lowest BCUT2D eigenvalue weighted by Gasteiger charge is -2.15. The molecule has 0 aromatic heterocycles. The molecular weight excluding hydrogens is 348 g/mol. The van der Waals surface area contributed by atoms with Gasteiger partial charge in [-0.15, -0.1) is 0 Å². The maximum atomic E-state index is 12.7. The molecule has 0 spiro atoms. The van der Waals surface area contributed by atoms with Crippen molar-refractivity contribution >= 4 is 28.3 Å². The molecule has 1 saturated carbocycles. The van der Waals surface area contributed by atoms with Crippen LogP contribution in [-0.2, 0) is 11.2 Å². The Kier molecular flexibility index (Phi) is 5.38. The zero-order valence-corrected chi connectivity index (χ0v) is 15.8. The van der Waals surface area contributed by atoms with Crippen molar-refractivity contribution in [2.24, 2.45) is 0 Å². The van der Waals surface area contributed by atoms with Crippen molar-refractivity contribution in [1.82, 2.24) is 5.32 Å². The highest BCUT2D eigenvalue weighted by Crippen LogP contribution is 2.22. The number of carbonyl (C=O) groups is 2. The van der Waals surface area contributed by atoms with Crippen LogP contribution in [0.2, 0.25) is 0 Å². The molecule has 0 heterocycles. The minimum absolute atomic E-state index is 0.118. The molecule has 2 amide bonds. The van der Waals surface area contributed by atoms with Crippen LogP contribution < -0.4 is 10.6 Å². The molecule has 0 saturated heterocycles. The van der Waals surface area contributed by atoms with Gasteiger partial charge in [-0.3, -0.25) is 9.59 Å². The first kappa shape index (κ1) is 18.2. The van der Waals surface area contributed by atoms with Gasteiger partial charge < -0.3 is 10.6 Å². The Hall–Kier alpha value is -3.14. The maximum Gasteiger partial charge on any atom is 0.253 e. The van der Waals surface area contributed by atoms with Crippen LogP contribution in [0, 0.1) is 0 Å². The number of fused-ring (bicyclic) bond motifs is 1. The molecule has 1 aliphatic carbocycles. The fraction of sp³-hybridized carbons (Fsp3) is 0.250. The second kappa shape index (κ2) is 8.26. The first-order chi connectivity index (χ1) is 13.7. The van der Waals surface area contributed by atoms with Gasteiger partial charge in [-0.05, 0) is 41.3 Å². The van der Waals surface area contributed by atoms with Crippen molar-refractivity contribution in [2.45, 2.75) is 38.1 Å². The Morgan fingerprint density at radius 2 is 1.57 bits per heavy atom. The molecule has 28 heavy (non-hydrogen) atoms. The molecule has 0 radical (unpaired) electrons. The van der Waals surface area contributed by atoms with E-state index in [9.17, 15) is 9.59 Å². The van der Waals surface area contributed by atoms with Crippen molar-refractivity contribution in [1.29, 1.82) is 0 Å². The number of rotatable bonds is 5. The van der Waals surface area contributed by atoms with Crippen LogP contribution in [0.15, 0.2) is 66.7 Å². The molecule has 1 aliphatic rings. The third-order valence-corrected chi connectivity index (χ3v) is 5.37. The number of carbonyl (C=O) groups excluding carboxylic acids is 2. The fourth-order valence-electron chi connectivity index (χ4n) is 3.94. The van der Waals surface area contributed by atoms with E-state index < -0.39 is 0 Å². The van der Waals surface area contributed by atoms with E-state index in [2.05, 4.69) is 10.6 Å². The van der Waals surface area contributed by atoms with Gasteiger partial charge in [-0.25, -0.2) is 0 Å². The minimum atomic E-state index is -0.127. The number of nitrogens with one attached hydrogen (secondary N) is 2. The lowest BCUT2D eigenvalue weighted by atomic mass is 10.0. The Balaban J connectivity index is 1.49. The zero-order valence-electron chi connectivity index (χ0n) is 15.8. The summed E-state index contributed by atoms with van der Waals surface area (Å²) < 4.78 is 0. The molecular formula is C24H24N2O2. The SMILES string of the molecule is O=C(Cc1cccc2ccccc12)Nc1ccccc1C(=O)NC1CCCC1. The van der Waals surface area contributed by atoms with Gasteiger partial charge >= 0.3 is 0 Å². The summed E-state index contributed by atoms with van der Waals surface area (Å²) in [5.41, 5.74) is 2.05. The molecule has 1 fully saturated rings. The highest BCUT2D eigenvalue weighted by atomic mass is 16.2. The molecule has 0 atom stereocenters. The molecule has 2 N–H and O–H groups in total. The van der Waals surface area contributed by atoms with Crippen LogP contribution in [0.4, 0.5) is 5.69 Å².